The average molecular weight is 430 g/mol. The number of hydrogen-bond donors (Lipinski definition) is 0. The van der Waals surface area contributed by atoms with E-state index in [0.29, 0.717) is 0 Å². The zero-order valence-corrected chi connectivity index (χ0v) is 12.7. The lowest BCUT2D eigenvalue weighted by molar-refractivity contribution is -0.342. The molecule has 1 aromatic carbocycles. The van der Waals surface area contributed by atoms with Crippen molar-refractivity contribution in [2.75, 3.05) is 4.43 Å². The molecule has 1 rings (SSSR count). The fourth-order valence-corrected chi connectivity index (χ4v) is 2.23. The Morgan fingerprint density at radius 3 is 1.90 bits per heavy atom. The molecule has 9 heteroatoms. The first-order valence-electron chi connectivity index (χ1n) is 5.54. The van der Waals surface area contributed by atoms with E-state index in [1.807, 2.05) is 0 Å². The summed E-state index contributed by atoms with van der Waals surface area (Å²) in [6.07, 6.45) is -15.3. The number of alkyl halides is 7. The Morgan fingerprint density at radius 1 is 1.05 bits per heavy atom. The minimum atomic E-state index is -5.64. The van der Waals surface area contributed by atoms with E-state index in [-0.39, 0.29) is 9.99 Å². The van der Waals surface area contributed by atoms with Crippen LogP contribution in [0, 0.1) is 5.82 Å². The van der Waals surface area contributed by atoms with Gasteiger partial charge in [0, 0.05) is 9.99 Å². The van der Waals surface area contributed by atoms with Gasteiger partial charge in [-0.05, 0) is 13.0 Å². The van der Waals surface area contributed by atoms with Gasteiger partial charge in [0.25, 0.3) is 0 Å². The van der Waals surface area contributed by atoms with Crippen molar-refractivity contribution < 1.29 is 35.5 Å². The molecule has 1 atom stereocenters. The highest BCUT2D eigenvalue weighted by atomic mass is 127. The normalized spacial score (nSPS) is 16.1. The van der Waals surface area contributed by atoms with Crippen LogP contribution in [-0.2, 0) is 10.3 Å². The fraction of sp³-hybridized carbons (Fsp3) is 0.500. The van der Waals surface area contributed by atoms with Crippen LogP contribution >= 0.6 is 22.6 Å². The van der Waals surface area contributed by atoms with E-state index in [4.69, 9.17) is 0 Å². The van der Waals surface area contributed by atoms with E-state index < -0.39 is 29.9 Å². The van der Waals surface area contributed by atoms with Crippen LogP contribution in [0.3, 0.4) is 0 Å². The summed E-state index contributed by atoms with van der Waals surface area (Å²) >= 11 is 1.55. The van der Waals surface area contributed by atoms with E-state index in [9.17, 15) is 30.7 Å². The van der Waals surface area contributed by atoms with E-state index in [2.05, 4.69) is 4.74 Å². The fourth-order valence-electron chi connectivity index (χ4n) is 1.64. The SMILES string of the molecule is CC(CI)(OC(C(F)(F)F)C(F)(F)F)c1ccccc1F. The van der Waals surface area contributed by atoms with Gasteiger partial charge < -0.3 is 4.74 Å². The van der Waals surface area contributed by atoms with Crippen LogP contribution in [0.25, 0.3) is 0 Å². The number of rotatable bonds is 4. The third-order valence-electron chi connectivity index (χ3n) is 2.67. The molecule has 21 heavy (non-hydrogen) atoms. The number of ether oxygens (including phenoxy) is 1. The zero-order valence-electron chi connectivity index (χ0n) is 10.5. The van der Waals surface area contributed by atoms with Crippen molar-refractivity contribution in [1.82, 2.24) is 0 Å². The molecule has 0 aromatic heterocycles. The van der Waals surface area contributed by atoms with Crippen molar-refractivity contribution in [3.05, 3.63) is 35.6 Å². The van der Waals surface area contributed by atoms with Crippen LogP contribution in [0.2, 0.25) is 0 Å². The topological polar surface area (TPSA) is 9.23 Å². The highest BCUT2D eigenvalue weighted by molar-refractivity contribution is 14.1. The van der Waals surface area contributed by atoms with Crippen molar-refractivity contribution in [2.45, 2.75) is 31.0 Å². The highest BCUT2D eigenvalue weighted by Gasteiger charge is 2.60. The first kappa shape index (κ1) is 18.5. The Bertz CT molecular complexity index is 471. The minimum absolute atomic E-state index is 0.297. The summed E-state index contributed by atoms with van der Waals surface area (Å²) in [5.74, 6) is -0.931. The molecule has 1 unspecified atom stereocenters. The summed E-state index contributed by atoms with van der Waals surface area (Å²) in [6.45, 7) is 0.988. The van der Waals surface area contributed by atoms with Crippen LogP contribution in [0.1, 0.15) is 12.5 Å². The second kappa shape index (κ2) is 6.27. The predicted octanol–water partition coefficient (Wildman–Crippen LogP) is 4.99. The van der Waals surface area contributed by atoms with Crippen LogP contribution < -0.4 is 0 Å². The molecule has 0 heterocycles. The maximum Gasteiger partial charge on any atom is 0.423 e. The smallest absolute Gasteiger partial charge is 0.349 e. The summed E-state index contributed by atoms with van der Waals surface area (Å²) < 4.78 is 93.0. The first-order valence-corrected chi connectivity index (χ1v) is 7.06. The van der Waals surface area contributed by atoms with Gasteiger partial charge in [-0.2, -0.15) is 26.3 Å². The van der Waals surface area contributed by atoms with Gasteiger partial charge in [-0.1, -0.05) is 40.8 Å². The first-order chi connectivity index (χ1) is 9.42. The van der Waals surface area contributed by atoms with Gasteiger partial charge >= 0.3 is 12.4 Å². The van der Waals surface area contributed by atoms with Crippen molar-refractivity contribution in [3.63, 3.8) is 0 Å². The maximum atomic E-state index is 13.7. The number of benzene rings is 1. The molecule has 1 aromatic rings. The molecule has 120 valence electrons. The van der Waals surface area contributed by atoms with Crippen molar-refractivity contribution >= 4 is 22.6 Å². The van der Waals surface area contributed by atoms with Crippen molar-refractivity contribution in [1.29, 1.82) is 0 Å². The summed E-state index contributed by atoms with van der Waals surface area (Å²) in [5, 5.41) is 0. The van der Waals surface area contributed by atoms with E-state index in [1.54, 1.807) is 22.6 Å². The second-order valence-corrected chi connectivity index (χ2v) is 5.19. The zero-order chi connectivity index (χ0) is 16.5. The molecule has 0 saturated heterocycles. The molecule has 0 bridgehead atoms. The largest absolute Gasteiger partial charge is 0.423 e. The Balaban J connectivity index is 3.24. The average Bonchev–Trinajstić information content (AvgIpc) is 2.33. The molecule has 0 radical (unpaired) electrons. The van der Waals surface area contributed by atoms with E-state index in [0.717, 1.165) is 19.1 Å². The molecule has 0 saturated carbocycles. The van der Waals surface area contributed by atoms with Gasteiger partial charge in [0.1, 0.15) is 11.4 Å². The molecule has 0 aliphatic heterocycles. The molecule has 0 spiro atoms. The second-order valence-electron chi connectivity index (χ2n) is 4.43. The quantitative estimate of drug-likeness (QED) is 0.372. The monoisotopic (exact) mass is 430 g/mol. The standard InChI is InChI=1S/C12H10F7IO/c1-10(6-20,7-4-2-3-5-8(7)13)21-9(11(14,15)16)12(17,18)19/h2-5,9H,6H2,1H3. The van der Waals surface area contributed by atoms with E-state index in [1.165, 1.54) is 12.1 Å². The predicted molar refractivity (Wildman–Crippen MR) is 69.6 cm³/mol. The third-order valence-corrected chi connectivity index (χ3v) is 4.13. The van der Waals surface area contributed by atoms with Crippen LogP contribution in [0.4, 0.5) is 30.7 Å². The van der Waals surface area contributed by atoms with Crippen LogP contribution in [0.5, 0.6) is 0 Å². The van der Waals surface area contributed by atoms with Gasteiger partial charge in [0.15, 0.2) is 0 Å². The van der Waals surface area contributed by atoms with Gasteiger partial charge in [0.2, 0.25) is 6.10 Å². The molecule has 0 aliphatic carbocycles. The summed E-state index contributed by atoms with van der Waals surface area (Å²) in [6, 6.07) is 4.62. The molecular formula is C12H10F7IO. The highest BCUT2D eigenvalue weighted by Crippen LogP contribution is 2.41. The molecule has 0 amide bonds. The summed E-state index contributed by atoms with van der Waals surface area (Å²) in [5.41, 5.74) is -2.43. The third kappa shape index (κ3) is 4.44. The van der Waals surface area contributed by atoms with Crippen molar-refractivity contribution in [3.8, 4) is 0 Å². The lowest BCUT2D eigenvalue weighted by Gasteiger charge is -2.35. The molecule has 0 aliphatic rings. The lowest BCUT2D eigenvalue weighted by Crippen LogP contribution is -2.49. The Kier molecular flexibility index (Phi) is 5.51. The molecule has 1 nitrogen and oxygen atoms in total. The molecular weight excluding hydrogens is 420 g/mol. The van der Waals surface area contributed by atoms with Gasteiger partial charge in [-0.15, -0.1) is 0 Å². The van der Waals surface area contributed by atoms with Gasteiger partial charge in [-0.25, -0.2) is 4.39 Å². The number of hydrogen-bond acceptors (Lipinski definition) is 1. The summed E-state index contributed by atoms with van der Waals surface area (Å²) in [4.78, 5) is 0. The maximum absolute atomic E-state index is 13.7. The summed E-state index contributed by atoms with van der Waals surface area (Å²) in [7, 11) is 0. The van der Waals surface area contributed by atoms with E-state index >= 15 is 0 Å². The van der Waals surface area contributed by atoms with Crippen LogP contribution in [0.15, 0.2) is 24.3 Å². The molecule has 0 fully saturated rings. The molecule has 0 N–H and O–H groups in total. The lowest BCUT2D eigenvalue weighted by atomic mass is 9.97. The van der Waals surface area contributed by atoms with Crippen LogP contribution in [-0.4, -0.2) is 22.9 Å². The Labute approximate surface area is 129 Å². The number of halogens is 8. The van der Waals surface area contributed by atoms with Gasteiger partial charge in [0.05, 0.1) is 0 Å². The van der Waals surface area contributed by atoms with Gasteiger partial charge in [-0.3, -0.25) is 0 Å². The Hall–Kier alpha value is -0.580. The van der Waals surface area contributed by atoms with Crippen molar-refractivity contribution in [2.24, 2.45) is 0 Å². The Morgan fingerprint density at radius 2 is 1.52 bits per heavy atom. The minimum Gasteiger partial charge on any atom is -0.349 e.